The molecule has 2 N–H and O–H groups in total. The molecule has 0 bridgehead atoms. The number of benzene rings is 1. The van der Waals surface area contributed by atoms with Gasteiger partial charge in [-0.05, 0) is 43.4 Å². The normalized spacial score (nSPS) is 19.2. The minimum Gasteiger partial charge on any atom is -0.481 e. The lowest BCUT2D eigenvalue weighted by molar-refractivity contribution is -0.142. The number of nitrogens with one attached hydrogen (secondary N) is 1. The van der Waals surface area contributed by atoms with Gasteiger partial charge in [0, 0.05) is 42.3 Å². The molecule has 0 radical (unpaired) electrons. The Morgan fingerprint density at radius 1 is 1.10 bits per heavy atom. The first-order valence-electron chi connectivity index (χ1n) is 10.2. The third-order valence-corrected chi connectivity index (χ3v) is 5.62. The van der Waals surface area contributed by atoms with Gasteiger partial charge in [0.15, 0.2) is 0 Å². The van der Waals surface area contributed by atoms with E-state index in [2.05, 4.69) is 28.6 Å². The lowest BCUT2D eigenvalue weighted by atomic mass is 9.86. The summed E-state index contributed by atoms with van der Waals surface area (Å²) in [6.07, 6.45) is 9.01. The van der Waals surface area contributed by atoms with Crippen LogP contribution in [0.5, 0.6) is 0 Å². The second-order valence-corrected chi connectivity index (χ2v) is 7.70. The quantitative estimate of drug-likeness (QED) is 0.643. The lowest BCUT2D eigenvalue weighted by Crippen LogP contribution is -2.34. The molecule has 0 aliphatic heterocycles. The summed E-state index contributed by atoms with van der Waals surface area (Å²) >= 11 is 0. The molecule has 2 heterocycles. The number of nitrogens with zero attached hydrogens (tertiary/aromatic N) is 3. The maximum Gasteiger partial charge on any atom is 0.306 e. The summed E-state index contributed by atoms with van der Waals surface area (Å²) < 4.78 is 1.98. The topological polar surface area (TPSA) is 80.0 Å². The number of aromatic nitrogens is 3. The fourth-order valence-corrected chi connectivity index (χ4v) is 3.99. The van der Waals surface area contributed by atoms with Crippen molar-refractivity contribution >= 4 is 5.97 Å². The number of hydrogen-bond acceptors (Lipinski definition) is 4. The van der Waals surface area contributed by atoms with Gasteiger partial charge in [-0.2, -0.15) is 5.10 Å². The molecule has 1 saturated carbocycles. The van der Waals surface area contributed by atoms with Crippen molar-refractivity contribution in [3.63, 3.8) is 0 Å². The smallest absolute Gasteiger partial charge is 0.306 e. The van der Waals surface area contributed by atoms with Crippen LogP contribution in [0.2, 0.25) is 0 Å². The largest absolute Gasteiger partial charge is 0.481 e. The molecule has 4 rings (SSSR count). The Balaban J connectivity index is 1.48. The summed E-state index contributed by atoms with van der Waals surface area (Å²) in [6.45, 7) is 1.43. The molecule has 29 heavy (non-hydrogen) atoms. The first-order valence-corrected chi connectivity index (χ1v) is 10.2. The van der Waals surface area contributed by atoms with E-state index in [1.165, 1.54) is 5.56 Å². The Labute approximate surface area is 170 Å². The van der Waals surface area contributed by atoms with E-state index < -0.39 is 5.97 Å². The van der Waals surface area contributed by atoms with Gasteiger partial charge in [-0.3, -0.25) is 14.5 Å². The van der Waals surface area contributed by atoms with Gasteiger partial charge in [-0.15, -0.1) is 0 Å². The minimum absolute atomic E-state index is 0.187. The summed E-state index contributed by atoms with van der Waals surface area (Å²) in [5, 5.41) is 17.6. The van der Waals surface area contributed by atoms with Gasteiger partial charge in [-0.1, -0.05) is 30.3 Å². The van der Waals surface area contributed by atoms with Crippen LogP contribution in [0.1, 0.15) is 36.8 Å². The molecule has 150 valence electrons. The maximum atomic E-state index is 11.2. The summed E-state index contributed by atoms with van der Waals surface area (Å²) in [4.78, 5) is 15.4. The molecule has 1 aliphatic carbocycles. The number of hydrogen-bond donors (Lipinski definition) is 2. The fraction of sp³-hybridized carbons (Fsp3) is 0.348. The zero-order chi connectivity index (χ0) is 20.1. The van der Waals surface area contributed by atoms with E-state index >= 15 is 0 Å². The lowest BCUT2D eigenvalue weighted by Gasteiger charge is -2.26. The minimum atomic E-state index is -0.662. The van der Waals surface area contributed by atoms with E-state index in [0.29, 0.717) is 12.6 Å². The highest BCUT2D eigenvalue weighted by atomic mass is 16.4. The maximum absolute atomic E-state index is 11.2. The van der Waals surface area contributed by atoms with Gasteiger partial charge < -0.3 is 10.4 Å². The first kappa shape index (κ1) is 19.3. The summed E-state index contributed by atoms with van der Waals surface area (Å²) in [7, 11) is 0. The zero-order valence-corrected chi connectivity index (χ0v) is 16.4. The van der Waals surface area contributed by atoms with Crippen molar-refractivity contribution in [1.29, 1.82) is 0 Å². The van der Waals surface area contributed by atoms with Crippen molar-refractivity contribution in [3.8, 4) is 11.3 Å². The number of rotatable bonds is 7. The van der Waals surface area contributed by atoms with Crippen molar-refractivity contribution in [1.82, 2.24) is 20.1 Å². The van der Waals surface area contributed by atoms with E-state index in [9.17, 15) is 9.90 Å². The van der Waals surface area contributed by atoms with Gasteiger partial charge >= 0.3 is 5.97 Å². The second kappa shape index (κ2) is 9.01. The van der Waals surface area contributed by atoms with E-state index in [4.69, 9.17) is 5.10 Å². The molecule has 0 atom stereocenters. The average Bonchev–Trinajstić information content (AvgIpc) is 3.16. The highest BCUT2D eigenvalue weighted by Crippen LogP contribution is 2.26. The molecule has 0 amide bonds. The molecular weight excluding hydrogens is 364 g/mol. The average molecular weight is 390 g/mol. The Hall–Kier alpha value is -2.99. The number of carboxylic acids is 1. The summed E-state index contributed by atoms with van der Waals surface area (Å²) in [5.74, 6) is -0.850. The molecular formula is C23H26N4O2. The Morgan fingerprint density at radius 2 is 1.90 bits per heavy atom. The molecule has 2 aromatic heterocycles. The molecule has 1 fully saturated rings. The van der Waals surface area contributed by atoms with Crippen LogP contribution in [0.15, 0.2) is 61.1 Å². The Kier molecular flexibility index (Phi) is 6.00. The van der Waals surface area contributed by atoms with Gasteiger partial charge in [0.25, 0.3) is 0 Å². The molecule has 0 spiro atoms. The van der Waals surface area contributed by atoms with E-state index in [0.717, 1.165) is 49.0 Å². The molecule has 1 aromatic carbocycles. The number of aliphatic carboxylic acids is 1. The summed E-state index contributed by atoms with van der Waals surface area (Å²) in [6, 6.07) is 14.6. The van der Waals surface area contributed by atoms with Crippen molar-refractivity contribution in [3.05, 3.63) is 72.2 Å². The van der Waals surface area contributed by atoms with Gasteiger partial charge in [0.05, 0.1) is 18.2 Å². The van der Waals surface area contributed by atoms with Crippen molar-refractivity contribution < 1.29 is 9.90 Å². The third-order valence-electron chi connectivity index (χ3n) is 5.62. The van der Waals surface area contributed by atoms with Crippen LogP contribution in [0.25, 0.3) is 11.3 Å². The van der Waals surface area contributed by atoms with Crippen LogP contribution in [-0.4, -0.2) is 31.9 Å². The standard InChI is InChI=1S/C23H26N4O2/c28-23(29)18-8-10-21(11-9-18)25-14-20-16-27(15-17-5-2-1-3-6-17)26-22(20)19-7-4-12-24-13-19/h1-7,12-13,16,18,21,25H,8-11,14-15H2,(H,28,29). The Bertz CT molecular complexity index is 932. The van der Waals surface area contributed by atoms with Gasteiger partial charge in [0.2, 0.25) is 0 Å². The van der Waals surface area contributed by atoms with Crippen LogP contribution in [0.3, 0.4) is 0 Å². The van der Waals surface area contributed by atoms with Crippen LogP contribution in [0, 0.1) is 5.92 Å². The van der Waals surface area contributed by atoms with E-state index in [-0.39, 0.29) is 5.92 Å². The predicted molar refractivity (Wildman–Crippen MR) is 111 cm³/mol. The number of carboxylic acid groups (broad SMARTS) is 1. The number of carbonyl (C=O) groups is 1. The second-order valence-electron chi connectivity index (χ2n) is 7.70. The fourth-order valence-electron chi connectivity index (χ4n) is 3.99. The van der Waals surface area contributed by atoms with Crippen molar-refractivity contribution in [2.75, 3.05) is 0 Å². The van der Waals surface area contributed by atoms with E-state index in [1.54, 1.807) is 6.20 Å². The SMILES string of the molecule is O=C(O)C1CCC(NCc2cn(Cc3ccccc3)nc2-c2cccnc2)CC1. The van der Waals surface area contributed by atoms with Crippen molar-refractivity contribution in [2.45, 2.75) is 44.8 Å². The predicted octanol–water partition coefficient (Wildman–Crippen LogP) is 3.73. The van der Waals surface area contributed by atoms with Crippen LogP contribution in [-0.2, 0) is 17.9 Å². The Morgan fingerprint density at radius 3 is 2.59 bits per heavy atom. The van der Waals surface area contributed by atoms with Gasteiger partial charge in [0.1, 0.15) is 0 Å². The third kappa shape index (κ3) is 4.90. The highest BCUT2D eigenvalue weighted by molar-refractivity contribution is 5.70. The van der Waals surface area contributed by atoms with Gasteiger partial charge in [-0.25, -0.2) is 0 Å². The molecule has 1 aliphatic rings. The van der Waals surface area contributed by atoms with Crippen LogP contribution in [0.4, 0.5) is 0 Å². The molecule has 0 unspecified atom stereocenters. The van der Waals surface area contributed by atoms with Crippen LogP contribution < -0.4 is 5.32 Å². The monoisotopic (exact) mass is 390 g/mol. The zero-order valence-electron chi connectivity index (χ0n) is 16.4. The highest BCUT2D eigenvalue weighted by Gasteiger charge is 2.25. The molecule has 6 nitrogen and oxygen atoms in total. The van der Waals surface area contributed by atoms with Crippen LogP contribution >= 0.6 is 0 Å². The summed E-state index contributed by atoms with van der Waals surface area (Å²) in [5.41, 5.74) is 4.29. The molecule has 6 heteroatoms. The van der Waals surface area contributed by atoms with E-state index in [1.807, 2.05) is 41.2 Å². The molecule has 0 saturated heterocycles. The van der Waals surface area contributed by atoms with Crippen molar-refractivity contribution in [2.24, 2.45) is 5.92 Å². The molecule has 3 aromatic rings. The first-order chi connectivity index (χ1) is 14.2. The number of pyridine rings is 1.